The maximum atomic E-state index is 4.92. The minimum absolute atomic E-state index is 0.374. The molecule has 0 aliphatic carbocycles. The van der Waals surface area contributed by atoms with Gasteiger partial charge in [0.05, 0.1) is 11.0 Å². The second kappa shape index (κ2) is 10.9. The Morgan fingerprint density at radius 1 is 0.500 bits per heavy atom. The number of pyridine rings is 2. The first-order chi connectivity index (χ1) is 20.5. The summed E-state index contributed by atoms with van der Waals surface area (Å²) in [6.45, 7) is 9.24. The molecule has 0 spiro atoms. The van der Waals surface area contributed by atoms with E-state index in [1.54, 1.807) is 0 Å². The summed E-state index contributed by atoms with van der Waals surface area (Å²) in [6.07, 6.45) is 3.79. The predicted octanol–water partition coefficient (Wildman–Crippen LogP) is 11.8. The largest absolute Gasteiger partial charge is 0.254 e. The third kappa shape index (κ3) is 4.56. The van der Waals surface area contributed by atoms with E-state index < -0.39 is 0 Å². The highest BCUT2D eigenvalue weighted by Gasteiger charge is 2.26. The van der Waals surface area contributed by atoms with Crippen LogP contribution >= 0.6 is 22.7 Å². The molecule has 0 saturated heterocycles. The van der Waals surface area contributed by atoms with Crippen molar-refractivity contribution < 1.29 is 0 Å². The monoisotopic (exact) mass is 580 g/mol. The summed E-state index contributed by atoms with van der Waals surface area (Å²) in [5.74, 6) is 0.747. The van der Waals surface area contributed by atoms with Crippen LogP contribution in [0.2, 0.25) is 0 Å². The zero-order chi connectivity index (χ0) is 28.8. The van der Waals surface area contributed by atoms with Crippen LogP contribution in [0.5, 0.6) is 0 Å². The van der Waals surface area contributed by atoms with E-state index in [1.165, 1.54) is 52.9 Å². The third-order valence-corrected chi connectivity index (χ3v) is 10.8. The van der Waals surface area contributed by atoms with E-state index >= 15 is 0 Å². The Balaban J connectivity index is 1.63. The van der Waals surface area contributed by atoms with Gasteiger partial charge in [-0.3, -0.25) is 9.97 Å². The fourth-order valence-electron chi connectivity index (χ4n) is 5.97. The van der Waals surface area contributed by atoms with Crippen molar-refractivity contribution in [3.8, 4) is 43.1 Å². The van der Waals surface area contributed by atoms with E-state index in [0.29, 0.717) is 11.8 Å². The van der Waals surface area contributed by atoms with Gasteiger partial charge in [0, 0.05) is 53.8 Å². The SMILES string of the molecule is CC(C)c1sc(-c2ccccc2)cc1-c1c(-c2cc(-c3ccccc3)sc2C(C)C)c2cccnc2c2ncccc12. The molecule has 0 unspecified atom stereocenters. The van der Waals surface area contributed by atoms with Gasteiger partial charge in [-0.2, -0.15) is 0 Å². The van der Waals surface area contributed by atoms with Crippen molar-refractivity contribution in [1.29, 1.82) is 0 Å². The molecule has 4 heteroatoms. The second-order valence-electron chi connectivity index (χ2n) is 11.4. The highest BCUT2D eigenvalue weighted by atomic mass is 32.1. The minimum Gasteiger partial charge on any atom is -0.254 e. The fourth-order valence-corrected chi connectivity index (χ4v) is 8.32. The molecule has 0 bridgehead atoms. The van der Waals surface area contributed by atoms with Gasteiger partial charge in [0.15, 0.2) is 0 Å². The summed E-state index contributed by atoms with van der Waals surface area (Å²) in [7, 11) is 0. The Morgan fingerprint density at radius 2 is 0.905 bits per heavy atom. The Labute approximate surface area is 255 Å². The van der Waals surface area contributed by atoms with Crippen LogP contribution in [-0.2, 0) is 0 Å². The molecule has 0 aliphatic rings. The third-order valence-electron chi connectivity index (χ3n) is 7.85. The van der Waals surface area contributed by atoms with Crippen LogP contribution in [0.15, 0.2) is 109 Å². The molecule has 7 rings (SSSR count). The average molecular weight is 581 g/mol. The second-order valence-corrected chi connectivity index (χ2v) is 13.5. The normalized spacial score (nSPS) is 11.8. The summed E-state index contributed by atoms with van der Waals surface area (Å²) >= 11 is 3.83. The lowest BCUT2D eigenvalue weighted by molar-refractivity contribution is 0.890. The molecular formula is C38H32N2S2. The molecule has 0 saturated carbocycles. The van der Waals surface area contributed by atoms with Gasteiger partial charge >= 0.3 is 0 Å². The number of thiophene rings is 2. The van der Waals surface area contributed by atoms with Gasteiger partial charge in [-0.15, -0.1) is 22.7 Å². The Morgan fingerprint density at radius 3 is 1.29 bits per heavy atom. The van der Waals surface area contributed by atoms with E-state index in [4.69, 9.17) is 9.97 Å². The Kier molecular flexibility index (Phi) is 6.97. The summed E-state index contributed by atoms with van der Waals surface area (Å²) in [6, 6.07) is 35.0. The molecule has 0 aliphatic heterocycles. The van der Waals surface area contributed by atoms with Crippen molar-refractivity contribution in [3.63, 3.8) is 0 Å². The van der Waals surface area contributed by atoms with Crippen LogP contribution in [-0.4, -0.2) is 9.97 Å². The number of rotatable bonds is 6. The molecule has 2 nitrogen and oxygen atoms in total. The maximum Gasteiger partial charge on any atom is 0.0971 e. The van der Waals surface area contributed by atoms with Crippen molar-refractivity contribution in [2.45, 2.75) is 39.5 Å². The van der Waals surface area contributed by atoms with Crippen LogP contribution < -0.4 is 0 Å². The summed E-state index contributed by atoms with van der Waals surface area (Å²) in [5.41, 5.74) is 9.56. The number of nitrogens with zero attached hydrogens (tertiary/aromatic N) is 2. The number of fused-ring (bicyclic) bond motifs is 3. The van der Waals surface area contributed by atoms with Crippen molar-refractivity contribution >= 4 is 44.5 Å². The van der Waals surface area contributed by atoms with Gasteiger partial charge in [0.2, 0.25) is 0 Å². The van der Waals surface area contributed by atoms with Gasteiger partial charge in [0.25, 0.3) is 0 Å². The molecule has 0 fully saturated rings. The maximum absolute atomic E-state index is 4.92. The molecule has 3 aromatic carbocycles. The topological polar surface area (TPSA) is 25.8 Å². The summed E-state index contributed by atoms with van der Waals surface area (Å²) in [4.78, 5) is 15.2. The van der Waals surface area contributed by atoms with Crippen LogP contribution in [0.25, 0.3) is 64.9 Å². The smallest absolute Gasteiger partial charge is 0.0971 e. The quantitative estimate of drug-likeness (QED) is 0.183. The average Bonchev–Trinajstić information content (AvgIpc) is 3.67. The minimum atomic E-state index is 0.374. The van der Waals surface area contributed by atoms with E-state index in [1.807, 2.05) is 35.1 Å². The molecule has 0 atom stereocenters. The summed E-state index contributed by atoms with van der Waals surface area (Å²) < 4.78 is 0. The Bertz CT molecular complexity index is 1880. The van der Waals surface area contributed by atoms with E-state index in [9.17, 15) is 0 Å². The molecular weight excluding hydrogens is 549 g/mol. The van der Waals surface area contributed by atoms with E-state index in [0.717, 1.165) is 21.8 Å². The standard InChI is InChI=1S/C38H32N2S2/c1-23(2)37-29(21-31(41-37)25-13-7-5-8-14-25)33-27-17-11-19-39-35(27)36-28(18-12-20-40-36)34(33)30-22-32(42-38(30)24(3)4)26-15-9-6-10-16-26/h5-24H,1-4H3. The molecule has 0 amide bonds. The van der Waals surface area contributed by atoms with Crippen LogP contribution in [0, 0.1) is 0 Å². The van der Waals surface area contributed by atoms with Crippen molar-refractivity contribution in [1.82, 2.24) is 9.97 Å². The first-order valence-electron chi connectivity index (χ1n) is 14.6. The highest BCUT2D eigenvalue weighted by Crippen LogP contribution is 2.52. The zero-order valence-electron chi connectivity index (χ0n) is 24.3. The fraction of sp³-hybridized carbons (Fsp3) is 0.158. The van der Waals surface area contributed by atoms with Crippen LogP contribution in [0.1, 0.15) is 49.3 Å². The Hall–Kier alpha value is -4.12. The molecule has 0 radical (unpaired) electrons. The van der Waals surface area contributed by atoms with Crippen molar-refractivity contribution in [2.24, 2.45) is 0 Å². The van der Waals surface area contributed by atoms with Gasteiger partial charge in [-0.25, -0.2) is 0 Å². The molecule has 206 valence electrons. The first-order valence-corrected chi connectivity index (χ1v) is 16.2. The lowest BCUT2D eigenvalue weighted by Gasteiger charge is -2.19. The number of aromatic nitrogens is 2. The predicted molar refractivity (Wildman–Crippen MR) is 183 cm³/mol. The van der Waals surface area contributed by atoms with Gasteiger partial charge in [-0.05, 0) is 58.4 Å². The van der Waals surface area contributed by atoms with Crippen LogP contribution in [0.4, 0.5) is 0 Å². The van der Waals surface area contributed by atoms with Gasteiger partial charge in [-0.1, -0.05) is 100 Å². The number of benzene rings is 3. The van der Waals surface area contributed by atoms with E-state index in [-0.39, 0.29) is 0 Å². The van der Waals surface area contributed by atoms with Gasteiger partial charge in [0.1, 0.15) is 0 Å². The first kappa shape index (κ1) is 26.8. The number of hydrogen-bond acceptors (Lipinski definition) is 4. The molecule has 4 heterocycles. The highest BCUT2D eigenvalue weighted by molar-refractivity contribution is 7.16. The molecule has 0 N–H and O–H groups in total. The molecule has 7 aromatic rings. The van der Waals surface area contributed by atoms with Crippen LogP contribution in [0.3, 0.4) is 0 Å². The lowest BCUT2D eigenvalue weighted by Crippen LogP contribution is -1.97. The lowest BCUT2D eigenvalue weighted by atomic mass is 9.85. The van der Waals surface area contributed by atoms with Gasteiger partial charge < -0.3 is 0 Å². The number of hydrogen-bond donors (Lipinski definition) is 0. The molecule has 42 heavy (non-hydrogen) atoms. The zero-order valence-corrected chi connectivity index (χ0v) is 25.9. The molecule has 4 aromatic heterocycles. The van der Waals surface area contributed by atoms with E-state index in [2.05, 4.69) is 125 Å². The summed E-state index contributed by atoms with van der Waals surface area (Å²) in [5, 5.41) is 2.31. The van der Waals surface area contributed by atoms with Crippen molar-refractivity contribution in [2.75, 3.05) is 0 Å². The van der Waals surface area contributed by atoms with Crippen molar-refractivity contribution in [3.05, 3.63) is 119 Å².